The summed E-state index contributed by atoms with van der Waals surface area (Å²) >= 11 is 0. The minimum atomic E-state index is -0.227. The molecule has 0 aliphatic heterocycles. The van der Waals surface area contributed by atoms with Gasteiger partial charge in [-0.15, -0.1) is 5.10 Å². The molecule has 0 radical (unpaired) electrons. The zero-order valence-corrected chi connectivity index (χ0v) is 15.2. The van der Waals surface area contributed by atoms with E-state index in [1.807, 2.05) is 0 Å². The van der Waals surface area contributed by atoms with Crippen molar-refractivity contribution in [3.8, 4) is 0 Å². The number of nitrogens with zero attached hydrogens (tertiary/aromatic N) is 3. The highest BCUT2D eigenvalue weighted by molar-refractivity contribution is 5.65. The van der Waals surface area contributed by atoms with Gasteiger partial charge in [0.05, 0.1) is 6.20 Å². The van der Waals surface area contributed by atoms with Gasteiger partial charge in [-0.3, -0.25) is 0 Å². The Balaban J connectivity index is 1.64. The van der Waals surface area contributed by atoms with Crippen molar-refractivity contribution in [1.82, 2.24) is 15.2 Å². The van der Waals surface area contributed by atoms with E-state index in [9.17, 15) is 4.39 Å². The molecule has 0 unspecified atom stereocenters. The average molecular weight is 351 g/mol. The van der Waals surface area contributed by atoms with Crippen molar-refractivity contribution in [1.29, 1.82) is 0 Å². The van der Waals surface area contributed by atoms with Crippen molar-refractivity contribution >= 4 is 17.5 Å². The third kappa shape index (κ3) is 4.53. The normalized spacial score (nSPS) is 10.6. The van der Waals surface area contributed by atoms with Crippen molar-refractivity contribution in [3.63, 3.8) is 0 Å². The van der Waals surface area contributed by atoms with Crippen LogP contribution in [-0.2, 0) is 6.42 Å². The van der Waals surface area contributed by atoms with E-state index in [1.54, 1.807) is 18.3 Å². The van der Waals surface area contributed by atoms with Crippen LogP contribution in [0.2, 0.25) is 0 Å². The first kappa shape index (κ1) is 17.8. The predicted octanol–water partition coefficient (Wildman–Crippen LogP) is 4.33. The van der Waals surface area contributed by atoms with Gasteiger partial charge in [0.25, 0.3) is 0 Å². The Labute approximate surface area is 152 Å². The monoisotopic (exact) mass is 351 g/mol. The number of benzene rings is 2. The van der Waals surface area contributed by atoms with Gasteiger partial charge in [-0.2, -0.15) is 10.1 Å². The van der Waals surface area contributed by atoms with Crippen LogP contribution in [0.25, 0.3) is 0 Å². The second-order valence-electron chi connectivity index (χ2n) is 6.37. The maximum Gasteiger partial charge on any atom is 0.244 e. The lowest BCUT2D eigenvalue weighted by Crippen LogP contribution is -2.10. The highest BCUT2D eigenvalue weighted by atomic mass is 19.1. The Bertz CT molecular complexity index is 870. The average Bonchev–Trinajstić information content (AvgIpc) is 2.60. The van der Waals surface area contributed by atoms with Crippen LogP contribution < -0.4 is 10.6 Å². The lowest BCUT2D eigenvalue weighted by Gasteiger charge is -2.13. The molecule has 0 spiro atoms. The van der Waals surface area contributed by atoms with Crippen molar-refractivity contribution in [2.45, 2.75) is 27.2 Å². The fourth-order valence-corrected chi connectivity index (χ4v) is 2.91. The lowest BCUT2D eigenvalue weighted by molar-refractivity contribution is 0.627. The number of hydrogen-bond donors (Lipinski definition) is 2. The minimum Gasteiger partial charge on any atom is -0.353 e. The van der Waals surface area contributed by atoms with Gasteiger partial charge >= 0.3 is 0 Å². The zero-order chi connectivity index (χ0) is 18.5. The molecule has 1 aromatic heterocycles. The third-order valence-electron chi connectivity index (χ3n) is 4.10. The van der Waals surface area contributed by atoms with Gasteiger partial charge < -0.3 is 10.6 Å². The Hall–Kier alpha value is -3.02. The van der Waals surface area contributed by atoms with E-state index in [4.69, 9.17) is 0 Å². The molecule has 2 N–H and O–H groups in total. The quantitative estimate of drug-likeness (QED) is 0.692. The summed E-state index contributed by atoms with van der Waals surface area (Å²) in [5, 5.41) is 14.5. The number of anilines is 3. The van der Waals surface area contributed by atoms with E-state index >= 15 is 0 Å². The summed E-state index contributed by atoms with van der Waals surface area (Å²) in [4.78, 5) is 4.46. The molecule has 6 heteroatoms. The Morgan fingerprint density at radius 2 is 1.69 bits per heavy atom. The standard InChI is InChI=1S/C20H22FN5/c1-13-10-14(2)19(15(3)11-13)24-18-12-23-26-20(25-18)22-9-8-16-4-6-17(21)7-5-16/h4-7,10-12H,8-9H2,1-3H3,(H2,22,24,25,26). The van der Waals surface area contributed by atoms with E-state index < -0.39 is 0 Å². The molecule has 0 bridgehead atoms. The van der Waals surface area contributed by atoms with Gasteiger partial charge in [-0.05, 0) is 56.0 Å². The van der Waals surface area contributed by atoms with Crippen LogP contribution in [0.1, 0.15) is 22.3 Å². The first-order valence-electron chi connectivity index (χ1n) is 8.54. The smallest absolute Gasteiger partial charge is 0.244 e. The number of aryl methyl sites for hydroxylation is 3. The van der Waals surface area contributed by atoms with Gasteiger partial charge in [0.15, 0.2) is 5.82 Å². The largest absolute Gasteiger partial charge is 0.353 e. The molecule has 0 amide bonds. The van der Waals surface area contributed by atoms with Crippen LogP contribution in [0.4, 0.5) is 21.8 Å². The van der Waals surface area contributed by atoms with Crippen LogP contribution in [0.5, 0.6) is 0 Å². The van der Waals surface area contributed by atoms with Crippen LogP contribution in [0.3, 0.4) is 0 Å². The SMILES string of the molecule is Cc1cc(C)c(Nc2cnnc(NCCc3ccc(F)cc3)n2)c(C)c1. The number of halogens is 1. The molecule has 2 aromatic carbocycles. The molecule has 1 heterocycles. The number of nitrogens with one attached hydrogen (secondary N) is 2. The van der Waals surface area contributed by atoms with Crippen LogP contribution >= 0.6 is 0 Å². The van der Waals surface area contributed by atoms with E-state index in [1.165, 1.54) is 17.7 Å². The highest BCUT2D eigenvalue weighted by Crippen LogP contribution is 2.24. The molecular weight excluding hydrogens is 329 g/mol. The molecule has 0 atom stereocenters. The molecule has 0 fully saturated rings. The Morgan fingerprint density at radius 3 is 2.38 bits per heavy atom. The second-order valence-corrected chi connectivity index (χ2v) is 6.37. The van der Waals surface area contributed by atoms with Gasteiger partial charge in [-0.25, -0.2) is 4.39 Å². The molecule has 0 saturated carbocycles. The van der Waals surface area contributed by atoms with Crippen molar-refractivity contribution < 1.29 is 4.39 Å². The lowest BCUT2D eigenvalue weighted by atomic mass is 10.1. The summed E-state index contributed by atoms with van der Waals surface area (Å²) < 4.78 is 12.9. The first-order chi connectivity index (χ1) is 12.5. The summed E-state index contributed by atoms with van der Waals surface area (Å²) in [6, 6.07) is 10.7. The van der Waals surface area contributed by atoms with Crippen LogP contribution in [0.15, 0.2) is 42.6 Å². The molecule has 3 aromatic rings. The fraction of sp³-hybridized carbons (Fsp3) is 0.250. The van der Waals surface area contributed by atoms with Crippen LogP contribution in [-0.4, -0.2) is 21.7 Å². The van der Waals surface area contributed by atoms with E-state index in [-0.39, 0.29) is 5.82 Å². The van der Waals surface area contributed by atoms with E-state index in [2.05, 4.69) is 58.7 Å². The highest BCUT2D eigenvalue weighted by Gasteiger charge is 2.07. The molecular formula is C20H22FN5. The fourth-order valence-electron chi connectivity index (χ4n) is 2.91. The van der Waals surface area contributed by atoms with Crippen molar-refractivity contribution in [3.05, 3.63) is 70.7 Å². The maximum absolute atomic E-state index is 12.9. The number of hydrogen-bond acceptors (Lipinski definition) is 5. The molecule has 3 rings (SSSR count). The van der Waals surface area contributed by atoms with Gasteiger partial charge in [0.2, 0.25) is 5.95 Å². The minimum absolute atomic E-state index is 0.227. The topological polar surface area (TPSA) is 62.7 Å². The van der Waals surface area contributed by atoms with Crippen molar-refractivity contribution in [2.75, 3.05) is 17.2 Å². The molecule has 0 aliphatic carbocycles. The second kappa shape index (κ2) is 7.91. The first-order valence-corrected chi connectivity index (χ1v) is 8.54. The molecule has 0 saturated heterocycles. The number of aromatic nitrogens is 3. The molecule has 26 heavy (non-hydrogen) atoms. The zero-order valence-electron chi connectivity index (χ0n) is 15.2. The predicted molar refractivity (Wildman–Crippen MR) is 102 cm³/mol. The van der Waals surface area contributed by atoms with E-state index in [0.29, 0.717) is 18.3 Å². The Kier molecular flexibility index (Phi) is 5.41. The van der Waals surface area contributed by atoms with Crippen LogP contribution in [0, 0.1) is 26.6 Å². The summed E-state index contributed by atoms with van der Waals surface area (Å²) in [6.07, 6.45) is 2.35. The summed E-state index contributed by atoms with van der Waals surface area (Å²) in [7, 11) is 0. The van der Waals surface area contributed by atoms with Gasteiger partial charge in [0.1, 0.15) is 5.82 Å². The van der Waals surface area contributed by atoms with Gasteiger partial charge in [0, 0.05) is 12.2 Å². The number of rotatable bonds is 6. The Morgan fingerprint density at radius 1 is 1.00 bits per heavy atom. The summed E-state index contributed by atoms with van der Waals surface area (Å²) in [5.41, 5.74) is 5.63. The molecule has 0 aliphatic rings. The molecule has 5 nitrogen and oxygen atoms in total. The summed E-state index contributed by atoms with van der Waals surface area (Å²) in [6.45, 7) is 6.86. The van der Waals surface area contributed by atoms with Gasteiger partial charge in [-0.1, -0.05) is 29.8 Å². The van der Waals surface area contributed by atoms with E-state index in [0.717, 1.165) is 28.8 Å². The third-order valence-corrected chi connectivity index (χ3v) is 4.10. The van der Waals surface area contributed by atoms with Crippen molar-refractivity contribution in [2.24, 2.45) is 0 Å². The summed E-state index contributed by atoms with van der Waals surface area (Å²) in [5.74, 6) is 0.869. The maximum atomic E-state index is 12.9. The molecule has 134 valence electrons.